The fourth-order valence-electron chi connectivity index (χ4n) is 2.93. The molecule has 2 aromatic rings. The lowest BCUT2D eigenvalue weighted by atomic mass is 9.98. The number of halogens is 2. The van der Waals surface area contributed by atoms with E-state index in [1.54, 1.807) is 0 Å². The van der Waals surface area contributed by atoms with Crippen molar-refractivity contribution in [3.05, 3.63) is 45.4 Å². The summed E-state index contributed by atoms with van der Waals surface area (Å²) in [7, 11) is 0. The van der Waals surface area contributed by atoms with E-state index in [0.29, 0.717) is 23.1 Å². The third kappa shape index (κ3) is 3.34. The molecule has 0 fully saturated rings. The van der Waals surface area contributed by atoms with Gasteiger partial charge in [0.1, 0.15) is 11.5 Å². The van der Waals surface area contributed by atoms with Crippen molar-refractivity contribution < 1.29 is 9.47 Å². The Bertz CT molecular complexity index is 762. The van der Waals surface area contributed by atoms with E-state index in [4.69, 9.17) is 38.4 Å². The number of fused-ring (bicyclic) bond motifs is 1. The summed E-state index contributed by atoms with van der Waals surface area (Å²) >= 11 is 12.9. The van der Waals surface area contributed by atoms with Crippen LogP contribution >= 0.6 is 23.2 Å². The number of rotatable bonds is 5. The van der Waals surface area contributed by atoms with E-state index in [1.807, 2.05) is 24.3 Å². The van der Waals surface area contributed by atoms with E-state index >= 15 is 0 Å². The molecular formula is C19H21Cl2NO2. The molecule has 1 aliphatic rings. The molecule has 0 spiro atoms. The van der Waals surface area contributed by atoms with Crippen molar-refractivity contribution in [2.75, 3.05) is 6.61 Å². The lowest BCUT2D eigenvalue weighted by Gasteiger charge is -2.15. The molecule has 0 saturated heterocycles. The minimum absolute atomic E-state index is 0.343. The van der Waals surface area contributed by atoms with Crippen molar-refractivity contribution >= 4 is 23.2 Å². The van der Waals surface area contributed by atoms with Gasteiger partial charge in [0.25, 0.3) is 0 Å². The summed E-state index contributed by atoms with van der Waals surface area (Å²) < 4.78 is 11.6. The van der Waals surface area contributed by atoms with Gasteiger partial charge in [0, 0.05) is 33.2 Å². The second-order valence-corrected chi connectivity index (χ2v) is 6.76. The van der Waals surface area contributed by atoms with Crippen LogP contribution in [0.3, 0.4) is 0 Å². The topological polar surface area (TPSA) is 44.5 Å². The second-order valence-electron chi connectivity index (χ2n) is 5.94. The maximum absolute atomic E-state index is 6.52. The molecule has 3 nitrogen and oxygen atoms in total. The van der Waals surface area contributed by atoms with Gasteiger partial charge in [-0.2, -0.15) is 0 Å². The Hall–Kier alpha value is -1.42. The van der Waals surface area contributed by atoms with Crippen molar-refractivity contribution in [1.82, 2.24) is 0 Å². The van der Waals surface area contributed by atoms with Gasteiger partial charge in [-0.1, -0.05) is 37.0 Å². The van der Waals surface area contributed by atoms with Crippen molar-refractivity contribution in [1.29, 1.82) is 0 Å². The Balaban J connectivity index is 2.13. The molecule has 0 saturated carbocycles. The summed E-state index contributed by atoms with van der Waals surface area (Å²) in [6.45, 7) is 4.79. The first-order valence-corrected chi connectivity index (χ1v) is 8.99. The van der Waals surface area contributed by atoms with Crippen LogP contribution in [0.1, 0.15) is 31.4 Å². The van der Waals surface area contributed by atoms with E-state index in [9.17, 15) is 0 Å². The molecule has 1 atom stereocenters. The highest BCUT2D eigenvalue weighted by Crippen LogP contribution is 2.44. The standard InChI is InChI=1S/C19H21Cl2NO2/c1-3-5-23-13-6-12-8-18(22)24-19(12)15(9-13)14-10-16(20)11(4-2)7-17(14)21/h6-7,9-10,18H,3-5,8,22H2,1-2H3. The van der Waals surface area contributed by atoms with Crippen molar-refractivity contribution in [2.24, 2.45) is 5.73 Å². The largest absolute Gasteiger partial charge is 0.494 e. The molecule has 5 heteroatoms. The van der Waals surface area contributed by atoms with Gasteiger partial charge in [0.15, 0.2) is 6.23 Å². The molecule has 0 aliphatic carbocycles. The van der Waals surface area contributed by atoms with Gasteiger partial charge in [-0.25, -0.2) is 0 Å². The Kier molecular flexibility index (Phi) is 5.24. The summed E-state index contributed by atoms with van der Waals surface area (Å²) in [4.78, 5) is 0. The zero-order valence-electron chi connectivity index (χ0n) is 13.9. The molecule has 1 aliphatic heterocycles. The van der Waals surface area contributed by atoms with Crippen molar-refractivity contribution in [3.8, 4) is 22.6 Å². The summed E-state index contributed by atoms with van der Waals surface area (Å²) in [6.07, 6.45) is 2.09. The average molecular weight is 366 g/mol. The maximum atomic E-state index is 6.52. The van der Waals surface area contributed by atoms with Crippen LogP contribution in [0.4, 0.5) is 0 Å². The van der Waals surface area contributed by atoms with Crippen molar-refractivity contribution in [3.63, 3.8) is 0 Å². The predicted molar refractivity (Wildman–Crippen MR) is 99.4 cm³/mol. The molecular weight excluding hydrogens is 345 g/mol. The smallest absolute Gasteiger partial charge is 0.151 e. The Morgan fingerprint density at radius 3 is 2.62 bits per heavy atom. The van der Waals surface area contributed by atoms with Gasteiger partial charge >= 0.3 is 0 Å². The number of ether oxygens (including phenoxy) is 2. The van der Waals surface area contributed by atoms with Gasteiger partial charge < -0.3 is 9.47 Å². The van der Waals surface area contributed by atoms with Crippen LogP contribution in [0.25, 0.3) is 11.1 Å². The van der Waals surface area contributed by atoms with Crippen LogP contribution in [0.15, 0.2) is 24.3 Å². The summed E-state index contributed by atoms with van der Waals surface area (Å²) in [5, 5.41) is 1.35. The highest BCUT2D eigenvalue weighted by atomic mass is 35.5. The van der Waals surface area contributed by atoms with Gasteiger partial charge in [-0.15, -0.1) is 0 Å². The number of hydrogen-bond acceptors (Lipinski definition) is 3. The highest BCUT2D eigenvalue weighted by Gasteiger charge is 2.26. The molecule has 0 bridgehead atoms. The Labute approximate surface area is 152 Å². The molecule has 24 heavy (non-hydrogen) atoms. The van der Waals surface area contributed by atoms with E-state index in [2.05, 4.69) is 13.8 Å². The summed E-state index contributed by atoms with van der Waals surface area (Å²) in [6, 6.07) is 7.77. The monoisotopic (exact) mass is 365 g/mol. The molecule has 0 amide bonds. The molecule has 0 aromatic heterocycles. The van der Waals surface area contributed by atoms with Crippen LogP contribution in [-0.4, -0.2) is 12.8 Å². The number of nitrogens with two attached hydrogens (primary N) is 1. The number of hydrogen-bond donors (Lipinski definition) is 1. The molecule has 2 N–H and O–H groups in total. The van der Waals surface area contributed by atoms with Crippen LogP contribution in [0.5, 0.6) is 11.5 Å². The van der Waals surface area contributed by atoms with Gasteiger partial charge in [-0.3, -0.25) is 5.73 Å². The van der Waals surface area contributed by atoms with Gasteiger partial charge in [-0.05, 0) is 42.7 Å². The molecule has 1 heterocycles. The summed E-state index contributed by atoms with van der Waals surface area (Å²) in [5.74, 6) is 1.57. The fraction of sp³-hybridized carbons (Fsp3) is 0.368. The Morgan fingerprint density at radius 2 is 1.92 bits per heavy atom. The van der Waals surface area contributed by atoms with E-state index < -0.39 is 0 Å². The lowest BCUT2D eigenvalue weighted by molar-refractivity contribution is 0.242. The van der Waals surface area contributed by atoms with Crippen molar-refractivity contribution in [2.45, 2.75) is 39.3 Å². The third-order valence-electron chi connectivity index (χ3n) is 4.11. The Morgan fingerprint density at radius 1 is 1.12 bits per heavy atom. The average Bonchev–Trinajstić information content (AvgIpc) is 2.94. The minimum Gasteiger partial charge on any atom is -0.494 e. The quantitative estimate of drug-likeness (QED) is 0.788. The number of benzene rings is 2. The fourth-order valence-corrected chi connectivity index (χ4v) is 3.51. The van der Waals surface area contributed by atoms with Crippen LogP contribution in [0.2, 0.25) is 10.0 Å². The zero-order valence-corrected chi connectivity index (χ0v) is 15.4. The van der Waals surface area contributed by atoms with Gasteiger partial charge in [0.05, 0.1) is 6.61 Å². The van der Waals surface area contributed by atoms with E-state index in [1.165, 1.54) is 0 Å². The van der Waals surface area contributed by atoms with E-state index in [-0.39, 0.29) is 6.23 Å². The normalized spacial score (nSPS) is 16.0. The molecule has 2 aromatic carbocycles. The first-order valence-electron chi connectivity index (χ1n) is 8.23. The molecule has 1 unspecified atom stereocenters. The first-order chi connectivity index (χ1) is 11.5. The maximum Gasteiger partial charge on any atom is 0.151 e. The molecule has 0 radical (unpaired) electrons. The summed E-state index contributed by atoms with van der Waals surface area (Å²) in [5.41, 5.74) is 9.75. The third-order valence-corrected chi connectivity index (χ3v) is 4.77. The SMILES string of the molecule is CCCOc1cc2c(c(-c3cc(Cl)c(CC)cc3Cl)c1)OC(N)C2. The number of aryl methyl sites for hydroxylation is 1. The highest BCUT2D eigenvalue weighted by molar-refractivity contribution is 6.36. The van der Waals surface area contributed by atoms with Gasteiger partial charge in [0.2, 0.25) is 0 Å². The molecule has 128 valence electrons. The van der Waals surface area contributed by atoms with E-state index in [0.717, 1.165) is 46.6 Å². The lowest BCUT2D eigenvalue weighted by Crippen LogP contribution is -2.24. The van der Waals surface area contributed by atoms with Crippen LogP contribution < -0.4 is 15.2 Å². The molecule has 3 rings (SSSR count). The first kappa shape index (κ1) is 17.4. The second kappa shape index (κ2) is 7.22. The zero-order chi connectivity index (χ0) is 17.3. The minimum atomic E-state index is -0.343. The van der Waals surface area contributed by atoms with Crippen LogP contribution in [0, 0.1) is 0 Å². The predicted octanol–water partition coefficient (Wildman–Crippen LogP) is 5.23. The van der Waals surface area contributed by atoms with Crippen LogP contribution in [-0.2, 0) is 12.8 Å².